The fraction of sp³-hybridized carbons (Fsp3) is 0.0588. The molecular weight excluding hydrogens is 286 g/mol. The molecule has 0 aliphatic rings. The number of allylic oxidation sites excluding steroid dienone is 1. The van der Waals surface area contributed by atoms with Crippen molar-refractivity contribution in [2.45, 2.75) is 0 Å². The van der Waals surface area contributed by atoms with Crippen molar-refractivity contribution < 1.29 is 9.53 Å². The van der Waals surface area contributed by atoms with Crippen molar-refractivity contribution >= 4 is 23.5 Å². The molecule has 0 saturated heterocycles. The van der Waals surface area contributed by atoms with E-state index in [1.165, 1.54) is 6.08 Å². The molecule has 0 aliphatic heterocycles. The van der Waals surface area contributed by atoms with Gasteiger partial charge in [-0.05, 0) is 48.0 Å². The van der Waals surface area contributed by atoms with Crippen LogP contribution >= 0.6 is 11.6 Å². The molecule has 2 aromatic rings. The minimum Gasteiger partial charge on any atom is -0.479 e. The number of nitrogens with zero attached hydrogens (tertiary/aromatic N) is 1. The molecule has 2 aromatic carbocycles. The number of nitriles is 1. The lowest BCUT2D eigenvalue weighted by atomic mass is 10.1. The van der Waals surface area contributed by atoms with Gasteiger partial charge in [-0.25, -0.2) is 0 Å². The molecule has 0 atom stereocenters. The largest absolute Gasteiger partial charge is 0.479 e. The van der Waals surface area contributed by atoms with E-state index in [0.717, 1.165) is 5.56 Å². The van der Waals surface area contributed by atoms with Crippen molar-refractivity contribution in [1.82, 2.24) is 0 Å². The fourth-order valence-corrected chi connectivity index (χ4v) is 1.80. The molecule has 3 nitrogen and oxygen atoms in total. The van der Waals surface area contributed by atoms with E-state index in [-0.39, 0.29) is 12.4 Å². The summed E-state index contributed by atoms with van der Waals surface area (Å²) in [6, 6.07) is 15.8. The fourth-order valence-electron chi connectivity index (χ4n) is 1.67. The first-order chi connectivity index (χ1) is 10.2. The van der Waals surface area contributed by atoms with E-state index in [1.807, 2.05) is 18.2 Å². The Kier molecular flexibility index (Phi) is 5.14. The molecule has 0 heterocycles. The van der Waals surface area contributed by atoms with Gasteiger partial charge in [0, 0.05) is 10.6 Å². The third kappa shape index (κ3) is 4.48. The molecule has 0 N–H and O–H groups in total. The predicted molar refractivity (Wildman–Crippen MR) is 82.4 cm³/mol. The van der Waals surface area contributed by atoms with Crippen molar-refractivity contribution in [3.8, 4) is 11.8 Å². The van der Waals surface area contributed by atoms with Crippen LogP contribution in [0.1, 0.15) is 15.9 Å². The maximum Gasteiger partial charge on any atom is 0.185 e. The number of ketones is 1. The van der Waals surface area contributed by atoms with E-state index in [9.17, 15) is 4.79 Å². The number of halogens is 1. The Hall–Kier alpha value is -2.57. The molecular formula is C17H12ClNO2. The average molecular weight is 298 g/mol. The van der Waals surface area contributed by atoms with E-state index in [1.54, 1.807) is 42.5 Å². The molecule has 4 heteroatoms. The molecule has 0 radical (unpaired) electrons. The van der Waals surface area contributed by atoms with Gasteiger partial charge >= 0.3 is 0 Å². The van der Waals surface area contributed by atoms with Crippen molar-refractivity contribution in [3.05, 3.63) is 70.8 Å². The van der Waals surface area contributed by atoms with E-state index in [4.69, 9.17) is 21.6 Å². The molecule has 0 aromatic heterocycles. The van der Waals surface area contributed by atoms with Gasteiger partial charge in [0.05, 0.1) is 0 Å². The highest BCUT2D eigenvalue weighted by Gasteiger charge is 2.01. The maximum absolute atomic E-state index is 11.9. The first-order valence-corrected chi connectivity index (χ1v) is 6.64. The first-order valence-electron chi connectivity index (χ1n) is 6.27. The van der Waals surface area contributed by atoms with Gasteiger partial charge in [-0.2, -0.15) is 5.26 Å². The summed E-state index contributed by atoms with van der Waals surface area (Å²) in [5, 5.41) is 9.02. The van der Waals surface area contributed by atoms with Gasteiger partial charge < -0.3 is 4.74 Å². The number of rotatable bonds is 5. The van der Waals surface area contributed by atoms with Gasteiger partial charge in [-0.15, -0.1) is 0 Å². The Morgan fingerprint density at radius 3 is 2.43 bits per heavy atom. The van der Waals surface area contributed by atoms with E-state index in [0.29, 0.717) is 16.3 Å². The standard InChI is InChI=1S/C17H12ClNO2/c18-15-6-4-14(5-7-15)17(20)10-3-13-1-8-16(9-2-13)21-12-11-19/h1-10H,12H2/b10-3+. The molecule has 0 saturated carbocycles. The van der Waals surface area contributed by atoms with Crippen LogP contribution in [0.3, 0.4) is 0 Å². The SMILES string of the molecule is N#CCOc1ccc(/C=C/C(=O)c2ccc(Cl)cc2)cc1. The lowest BCUT2D eigenvalue weighted by Crippen LogP contribution is -1.94. The minimum absolute atomic E-state index is 0.0181. The summed E-state index contributed by atoms with van der Waals surface area (Å²) in [4.78, 5) is 11.9. The number of hydrogen-bond donors (Lipinski definition) is 0. The number of carbonyl (C=O) groups excluding carboxylic acids is 1. The van der Waals surface area contributed by atoms with Gasteiger partial charge in [-0.3, -0.25) is 4.79 Å². The van der Waals surface area contributed by atoms with Crippen molar-refractivity contribution in [2.24, 2.45) is 0 Å². The molecule has 104 valence electrons. The molecule has 0 aliphatic carbocycles. The van der Waals surface area contributed by atoms with Crippen LogP contribution in [0, 0.1) is 11.3 Å². The van der Waals surface area contributed by atoms with Crippen molar-refractivity contribution in [1.29, 1.82) is 5.26 Å². The second-order valence-electron chi connectivity index (χ2n) is 4.22. The summed E-state index contributed by atoms with van der Waals surface area (Å²) in [6.07, 6.45) is 3.24. The van der Waals surface area contributed by atoms with Crippen LogP contribution in [0.15, 0.2) is 54.6 Å². The molecule has 0 fully saturated rings. The van der Waals surface area contributed by atoms with E-state index >= 15 is 0 Å². The van der Waals surface area contributed by atoms with Gasteiger partial charge in [-0.1, -0.05) is 29.8 Å². The smallest absolute Gasteiger partial charge is 0.185 e. The van der Waals surface area contributed by atoms with Crippen LogP contribution in [-0.4, -0.2) is 12.4 Å². The quantitative estimate of drug-likeness (QED) is 0.615. The van der Waals surface area contributed by atoms with Crippen LogP contribution < -0.4 is 4.74 Å². The molecule has 0 spiro atoms. The second kappa shape index (κ2) is 7.28. The Labute approximate surface area is 128 Å². The van der Waals surface area contributed by atoms with Gasteiger partial charge in [0.25, 0.3) is 0 Å². The van der Waals surface area contributed by atoms with Crippen LogP contribution in [0.4, 0.5) is 0 Å². The summed E-state index contributed by atoms with van der Waals surface area (Å²) in [5.41, 5.74) is 1.46. The normalized spacial score (nSPS) is 10.3. The molecule has 2 rings (SSSR count). The monoisotopic (exact) mass is 297 g/mol. The minimum atomic E-state index is -0.0866. The van der Waals surface area contributed by atoms with Crippen LogP contribution in [0.5, 0.6) is 5.75 Å². The molecule has 0 amide bonds. The third-order valence-corrected chi connectivity index (χ3v) is 2.99. The number of ether oxygens (including phenoxy) is 1. The van der Waals surface area contributed by atoms with Gasteiger partial charge in [0.2, 0.25) is 0 Å². The number of carbonyl (C=O) groups is 1. The van der Waals surface area contributed by atoms with Gasteiger partial charge in [0.1, 0.15) is 11.8 Å². The maximum atomic E-state index is 11.9. The van der Waals surface area contributed by atoms with Crippen molar-refractivity contribution in [2.75, 3.05) is 6.61 Å². The molecule has 21 heavy (non-hydrogen) atoms. The zero-order valence-electron chi connectivity index (χ0n) is 11.1. The third-order valence-electron chi connectivity index (χ3n) is 2.74. The summed E-state index contributed by atoms with van der Waals surface area (Å²) >= 11 is 5.78. The summed E-state index contributed by atoms with van der Waals surface area (Å²) in [7, 11) is 0. The highest BCUT2D eigenvalue weighted by Crippen LogP contribution is 2.14. The number of hydrogen-bond acceptors (Lipinski definition) is 3. The Morgan fingerprint density at radius 2 is 1.81 bits per heavy atom. The molecule has 0 bridgehead atoms. The predicted octanol–water partition coefficient (Wildman–Crippen LogP) is 4.14. The Morgan fingerprint density at radius 1 is 1.14 bits per heavy atom. The highest BCUT2D eigenvalue weighted by molar-refractivity contribution is 6.30. The first kappa shape index (κ1) is 14.8. The lowest BCUT2D eigenvalue weighted by Gasteiger charge is -2.01. The summed E-state index contributed by atoms with van der Waals surface area (Å²) < 4.78 is 5.15. The Bertz CT molecular complexity index is 682. The van der Waals surface area contributed by atoms with Gasteiger partial charge in [0.15, 0.2) is 12.4 Å². The molecule has 0 unspecified atom stereocenters. The second-order valence-corrected chi connectivity index (χ2v) is 4.66. The summed E-state index contributed by atoms with van der Waals surface area (Å²) in [5.74, 6) is 0.536. The van der Waals surface area contributed by atoms with Crippen LogP contribution in [0.2, 0.25) is 5.02 Å². The zero-order chi connectivity index (χ0) is 15.1. The topological polar surface area (TPSA) is 50.1 Å². The summed E-state index contributed by atoms with van der Waals surface area (Å²) in [6.45, 7) is 0.0181. The van der Waals surface area contributed by atoms with Crippen LogP contribution in [0.25, 0.3) is 6.08 Å². The zero-order valence-corrected chi connectivity index (χ0v) is 11.9. The van der Waals surface area contributed by atoms with Crippen LogP contribution in [-0.2, 0) is 0 Å². The number of benzene rings is 2. The Balaban J connectivity index is 2.02. The van der Waals surface area contributed by atoms with E-state index in [2.05, 4.69) is 0 Å². The average Bonchev–Trinajstić information content (AvgIpc) is 2.52. The lowest BCUT2D eigenvalue weighted by molar-refractivity contribution is 0.104. The highest BCUT2D eigenvalue weighted by atomic mass is 35.5. The van der Waals surface area contributed by atoms with E-state index < -0.39 is 0 Å². The van der Waals surface area contributed by atoms with Crippen molar-refractivity contribution in [3.63, 3.8) is 0 Å².